The average Bonchev–Trinajstić information content (AvgIpc) is 3.27. The van der Waals surface area contributed by atoms with Crippen LogP contribution in [0.1, 0.15) is 37.3 Å². The van der Waals surface area contributed by atoms with E-state index < -0.39 is 42.1 Å². The van der Waals surface area contributed by atoms with Gasteiger partial charge in [0.05, 0.1) is 17.8 Å². The normalized spacial score (nSPS) is 22.4. The van der Waals surface area contributed by atoms with Crippen molar-refractivity contribution in [2.75, 3.05) is 9.80 Å². The van der Waals surface area contributed by atoms with Crippen LogP contribution >= 0.6 is 0 Å². The number of benzene rings is 2. The SMILES string of the molecule is CC1CC(=O)N(c2ccc(Cc3ccc(N4C(=O)CC(N5C(=O)CC(=O)NC5=O)C4=O)cc3)cc2)C1=O. The van der Waals surface area contributed by atoms with Crippen molar-refractivity contribution in [2.24, 2.45) is 5.92 Å². The van der Waals surface area contributed by atoms with E-state index in [2.05, 4.69) is 0 Å². The van der Waals surface area contributed by atoms with Gasteiger partial charge >= 0.3 is 6.03 Å². The second-order valence-electron chi connectivity index (χ2n) is 9.26. The molecular weight excluding hydrogens is 480 g/mol. The van der Waals surface area contributed by atoms with Gasteiger partial charge in [0.2, 0.25) is 29.5 Å². The van der Waals surface area contributed by atoms with Gasteiger partial charge in [0.15, 0.2) is 0 Å². The number of rotatable bonds is 5. The molecule has 37 heavy (non-hydrogen) atoms. The van der Waals surface area contributed by atoms with Crippen LogP contribution in [-0.4, -0.2) is 52.4 Å². The molecule has 5 rings (SSSR count). The van der Waals surface area contributed by atoms with E-state index in [4.69, 9.17) is 0 Å². The molecule has 2 aromatic carbocycles. The highest BCUT2D eigenvalue weighted by Gasteiger charge is 2.48. The van der Waals surface area contributed by atoms with Crippen LogP contribution in [0.2, 0.25) is 0 Å². The van der Waals surface area contributed by atoms with Gasteiger partial charge in [-0.05, 0) is 41.8 Å². The van der Waals surface area contributed by atoms with Crippen molar-refractivity contribution in [1.82, 2.24) is 10.2 Å². The molecule has 8 amide bonds. The third-order valence-electron chi connectivity index (χ3n) is 6.65. The van der Waals surface area contributed by atoms with E-state index in [9.17, 15) is 33.6 Å². The average molecular weight is 502 g/mol. The number of nitrogens with zero attached hydrogens (tertiary/aromatic N) is 3. The third-order valence-corrected chi connectivity index (χ3v) is 6.65. The number of imide groups is 4. The summed E-state index contributed by atoms with van der Waals surface area (Å²) in [5, 5.41) is 1.99. The van der Waals surface area contributed by atoms with Crippen LogP contribution in [0.15, 0.2) is 48.5 Å². The minimum atomic E-state index is -1.30. The Balaban J connectivity index is 1.27. The summed E-state index contributed by atoms with van der Waals surface area (Å²) in [6.45, 7) is 1.73. The van der Waals surface area contributed by atoms with Crippen LogP contribution in [0, 0.1) is 5.92 Å². The fraction of sp³-hybridized carbons (Fsp3) is 0.269. The van der Waals surface area contributed by atoms with Gasteiger partial charge < -0.3 is 0 Å². The lowest BCUT2D eigenvalue weighted by molar-refractivity contribution is -0.140. The van der Waals surface area contributed by atoms with Gasteiger partial charge in [-0.3, -0.25) is 43.9 Å². The maximum Gasteiger partial charge on any atom is 0.331 e. The van der Waals surface area contributed by atoms with Crippen LogP contribution in [0.4, 0.5) is 16.2 Å². The first-order valence-electron chi connectivity index (χ1n) is 11.7. The van der Waals surface area contributed by atoms with Crippen molar-refractivity contribution in [3.8, 4) is 0 Å². The second kappa shape index (κ2) is 9.08. The molecule has 0 aromatic heterocycles. The zero-order valence-electron chi connectivity index (χ0n) is 19.8. The predicted molar refractivity (Wildman–Crippen MR) is 128 cm³/mol. The summed E-state index contributed by atoms with van der Waals surface area (Å²) in [7, 11) is 0. The molecule has 3 heterocycles. The van der Waals surface area contributed by atoms with Crippen molar-refractivity contribution in [3.63, 3.8) is 0 Å². The first-order valence-corrected chi connectivity index (χ1v) is 11.7. The van der Waals surface area contributed by atoms with Crippen molar-refractivity contribution >= 4 is 52.8 Å². The Kier molecular flexibility index (Phi) is 5.90. The molecule has 0 radical (unpaired) electrons. The molecule has 0 bridgehead atoms. The molecule has 3 aliphatic rings. The molecule has 0 spiro atoms. The summed E-state index contributed by atoms with van der Waals surface area (Å²) in [5.41, 5.74) is 2.65. The molecule has 11 nitrogen and oxygen atoms in total. The van der Waals surface area contributed by atoms with E-state index in [0.717, 1.165) is 16.0 Å². The summed E-state index contributed by atoms with van der Waals surface area (Å²) >= 11 is 0. The number of carbonyl (C=O) groups is 7. The number of anilines is 2. The molecule has 2 atom stereocenters. The second-order valence-corrected chi connectivity index (χ2v) is 9.26. The molecule has 3 saturated heterocycles. The lowest BCUT2D eigenvalue weighted by atomic mass is 10.0. The summed E-state index contributed by atoms with van der Waals surface area (Å²) in [4.78, 5) is 88.4. The minimum Gasteiger partial charge on any atom is -0.277 e. The highest BCUT2D eigenvalue weighted by molar-refractivity contribution is 6.25. The zero-order chi connectivity index (χ0) is 26.4. The van der Waals surface area contributed by atoms with Crippen molar-refractivity contribution in [3.05, 3.63) is 59.7 Å². The van der Waals surface area contributed by atoms with E-state index in [1.54, 1.807) is 43.3 Å². The van der Waals surface area contributed by atoms with Crippen molar-refractivity contribution in [1.29, 1.82) is 0 Å². The Hall–Kier alpha value is -4.67. The van der Waals surface area contributed by atoms with Crippen LogP contribution in [0.3, 0.4) is 0 Å². The van der Waals surface area contributed by atoms with Crippen LogP contribution in [0.25, 0.3) is 0 Å². The molecule has 11 heteroatoms. The van der Waals surface area contributed by atoms with Gasteiger partial charge in [0.25, 0.3) is 5.91 Å². The Morgan fingerprint density at radius 2 is 1.22 bits per heavy atom. The monoisotopic (exact) mass is 502 g/mol. The van der Waals surface area contributed by atoms with E-state index in [-0.39, 0.29) is 30.6 Å². The molecular formula is C26H22N4O7. The molecule has 2 aromatic rings. The molecule has 3 aliphatic heterocycles. The number of hydrogen-bond acceptors (Lipinski definition) is 7. The number of nitrogens with one attached hydrogen (secondary N) is 1. The van der Waals surface area contributed by atoms with Gasteiger partial charge in [-0.2, -0.15) is 0 Å². The molecule has 2 unspecified atom stereocenters. The fourth-order valence-corrected chi connectivity index (χ4v) is 4.78. The standard InChI is InChI=1S/C26H22N4O7/c1-14-10-21(32)28(24(14)35)17-6-2-15(3-7-17)11-16-4-8-18(9-5-16)29-22(33)12-19(25(29)36)30-23(34)13-20(31)27-26(30)37/h2-9,14,19H,10-13H2,1H3,(H,27,31,37). The Morgan fingerprint density at radius 3 is 1.70 bits per heavy atom. The Labute approximate surface area is 211 Å². The van der Waals surface area contributed by atoms with E-state index in [1.165, 1.54) is 4.90 Å². The first-order chi connectivity index (χ1) is 17.6. The Bertz CT molecular complexity index is 1350. The lowest BCUT2D eigenvalue weighted by Crippen LogP contribution is -2.58. The quantitative estimate of drug-likeness (QED) is 0.480. The maximum atomic E-state index is 13.0. The highest BCUT2D eigenvalue weighted by Crippen LogP contribution is 2.29. The summed E-state index contributed by atoms with van der Waals surface area (Å²) < 4.78 is 0. The van der Waals surface area contributed by atoms with E-state index in [0.29, 0.717) is 22.7 Å². The fourth-order valence-electron chi connectivity index (χ4n) is 4.78. The lowest BCUT2D eigenvalue weighted by Gasteiger charge is -2.28. The van der Waals surface area contributed by atoms with Gasteiger partial charge in [-0.25, -0.2) is 9.69 Å². The number of barbiturate groups is 1. The van der Waals surface area contributed by atoms with E-state index >= 15 is 0 Å². The van der Waals surface area contributed by atoms with Gasteiger partial charge in [0, 0.05) is 12.3 Å². The highest BCUT2D eigenvalue weighted by atomic mass is 16.2. The topological polar surface area (TPSA) is 141 Å². The van der Waals surface area contributed by atoms with Gasteiger partial charge in [-0.1, -0.05) is 31.2 Å². The van der Waals surface area contributed by atoms with Crippen LogP contribution in [-0.2, 0) is 35.2 Å². The molecule has 3 fully saturated rings. The molecule has 0 saturated carbocycles. The Morgan fingerprint density at radius 1 is 0.703 bits per heavy atom. The number of carbonyl (C=O) groups excluding carboxylic acids is 7. The molecule has 1 N–H and O–H groups in total. The zero-order valence-corrected chi connectivity index (χ0v) is 19.8. The number of urea groups is 1. The van der Waals surface area contributed by atoms with Crippen molar-refractivity contribution in [2.45, 2.75) is 38.6 Å². The third kappa shape index (κ3) is 4.28. The van der Waals surface area contributed by atoms with Crippen LogP contribution < -0.4 is 15.1 Å². The van der Waals surface area contributed by atoms with Gasteiger partial charge in [0.1, 0.15) is 12.5 Å². The smallest absolute Gasteiger partial charge is 0.277 e. The van der Waals surface area contributed by atoms with Gasteiger partial charge in [-0.15, -0.1) is 0 Å². The minimum absolute atomic E-state index is 0.205. The predicted octanol–water partition coefficient (Wildman–Crippen LogP) is 1.28. The number of amides is 8. The summed E-state index contributed by atoms with van der Waals surface area (Å²) in [6.07, 6.45) is -0.193. The largest absolute Gasteiger partial charge is 0.331 e. The summed E-state index contributed by atoms with van der Waals surface area (Å²) in [6, 6.07) is 11.5. The maximum absolute atomic E-state index is 13.0. The molecule has 0 aliphatic carbocycles. The van der Waals surface area contributed by atoms with Crippen molar-refractivity contribution < 1.29 is 33.6 Å². The summed E-state index contributed by atoms with van der Waals surface area (Å²) in [5.74, 6) is -3.60. The van der Waals surface area contributed by atoms with Crippen LogP contribution in [0.5, 0.6) is 0 Å². The molecule has 188 valence electrons. The first kappa shape index (κ1) is 24.0. The number of hydrogen-bond donors (Lipinski definition) is 1. The van der Waals surface area contributed by atoms with E-state index in [1.807, 2.05) is 17.4 Å².